The minimum atomic E-state index is -2.83. The highest BCUT2D eigenvalue weighted by molar-refractivity contribution is 8.00. The Balaban J connectivity index is 4.02. The van der Waals surface area contributed by atoms with Gasteiger partial charge in [0.15, 0.2) is 0 Å². The van der Waals surface area contributed by atoms with Crippen LogP contribution in [0.25, 0.3) is 0 Å². The lowest BCUT2D eigenvalue weighted by Gasteiger charge is -2.20. The van der Waals surface area contributed by atoms with Crippen molar-refractivity contribution >= 4 is 19.4 Å². The molecule has 0 saturated heterocycles. The Bertz CT molecular complexity index is 203. The molecule has 0 atom stereocenters. The molecule has 0 spiro atoms. The van der Waals surface area contributed by atoms with E-state index >= 15 is 0 Å². The Morgan fingerprint density at radius 3 is 1.93 bits per heavy atom. The van der Waals surface area contributed by atoms with Crippen LogP contribution in [0.15, 0.2) is 0 Å². The van der Waals surface area contributed by atoms with Gasteiger partial charge in [-0.1, -0.05) is 20.8 Å². The van der Waals surface area contributed by atoms with Crippen LogP contribution in [-0.2, 0) is 13.6 Å². The smallest absolute Gasteiger partial charge is 0.309 e. The molecule has 0 aliphatic carbocycles. The summed E-state index contributed by atoms with van der Waals surface area (Å²) < 4.78 is 22.6. The molecule has 92 valence electrons. The van der Waals surface area contributed by atoms with E-state index in [9.17, 15) is 4.57 Å². The molecule has 0 heterocycles. The fraction of sp³-hybridized carbons (Fsp3) is 1.00. The first-order valence-electron chi connectivity index (χ1n) is 5.35. The first kappa shape index (κ1) is 15.5. The first-order valence-corrected chi connectivity index (χ1v) is 8.06. The molecule has 0 unspecified atom stereocenters. The summed E-state index contributed by atoms with van der Waals surface area (Å²) in [7, 11) is -2.83. The average Bonchev–Trinajstić information content (AvgIpc) is 2.01. The zero-order valence-electron chi connectivity index (χ0n) is 10.4. The average molecular weight is 254 g/mol. The standard InChI is InChI=1S/C10H23O3PS/c1-6-12-14(11,13-7-2)8-9-15-10(3,4)5/h6-9H2,1-5H3. The van der Waals surface area contributed by atoms with Crippen LogP contribution in [-0.4, -0.2) is 29.9 Å². The summed E-state index contributed by atoms with van der Waals surface area (Å²) >= 11 is 1.78. The molecule has 15 heavy (non-hydrogen) atoms. The van der Waals surface area contributed by atoms with Crippen molar-refractivity contribution in [2.75, 3.05) is 25.1 Å². The Hall–Kier alpha value is 0.500. The van der Waals surface area contributed by atoms with Crippen LogP contribution < -0.4 is 0 Å². The van der Waals surface area contributed by atoms with Crippen LogP contribution in [0.2, 0.25) is 0 Å². The van der Waals surface area contributed by atoms with Gasteiger partial charge in [0, 0.05) is 10.5 Å². The van der Waals surface area contributed by atoms with Gasteiger partial charge in [0.05, 0.1) is 19.4 Å². The Morgan fingerprint density at radius 1 is 1.13 bits per heavy atom. The third kappa shape index (κ3) is 8.32. The summed E-state index contributed by atoms with van der Waals surface area (Å²) in [5.74, 6) is 0.806. The fourth-order valence-corrected chi connectivity index (χ4v) is 4.01. The predicted octanol–water partition coefficient (Wildman–Crippen LogP) is 3.78. The van der Waals surface area contributed by atoms with E-state index in [1.165, 1.54) is 0 Å². The highest BCUT2D eigenvalue weighted by Crippen LogP contribution is 2.48. The third-order valence-electron chi connectivity index (χ3n) is 1.55. The SMILES string of the molecule is CCOP(=O)(CCSC(C)(C)C)OCC. The largest absolute Gasteiger partial charge is 0.331 e. The second-order valence-corrected chi connectivity index (χ2v) is 8.24. The molecule has 0 N–H and O–H groups in total. The first-order chi connectivity index (χ1) is 6.83. The second-order valence-electron chi connectivity index (χ2n) is 4.13. The maximum atomic E-state index is 12.0. The summed E-state index contributed by atoms with van der Waals surface area (Å²) in [5, 5.41) is 0. The van der Waals surface area contributed by atoms with E-state index in [2.05, 4.69) is 20.8 Å². The Labute approximate surface area is 97.8 Å². The van der Waals surface area contributed by atoms with Gasteiger partial charge in [-0.2, -0.15) is 11.8 Å². The molecule has 0 aromatic heterocycles. The van der Waals surface area contributed by atoms with Gasteiger partial charge in [-0.3, -0.25) is 4.57 Å². The maximum absolute atomic E-state index is 12.0. The van der Waals surface area contributed by atoms with Gasteiger partial charge >= 0.3 is 7.60 Å². The number of thioether (sulfide) groups is 1. The maximum Gasteiger partial charge on any atom is 0.331 e. The number of hydrogen-bond donors (Lipinski definition) is 0. The van der Waals surface area contributed by atoms with Gasteiger partial charge < -0.3 is 9.05 Å². The normalized spacial score (nSPS) is 13.1. The zero-order valence-corrected chi connectivity index (χ0v) is 12.1. The molecule has 0 bridgehead atoms. The van der Waals surface area contributed by atoms with Crippen molar-refractivity contribution in [1.82, 2.24) is 0 Å². The van der Waals surface area contributed by atoms with E-state index in [1.807, 2.05) is 13.8 Å². The predicted molar refractivity (Wildman–Crippen MR) is 67.9 cm³/mol. The molecule has 0 fully saturated rings. The minimum absolute atomic E-state index is 0.198. The fourth-order valence-electron chi connectivity index (χ4n) is 1.02. The summed E-state index contributed by atoms with van der Waals surface area (Å²) in [6.45, 7) is 11.0. The van der Waals surface area contributed by atoms with Crippen molar-refractivity contribution in [1.29, 1.82) is 0 Å². The monoisotopic (exact) mass is 254 g/mol. The van der Waals surface area contributed by atoms with Crippen molar-refractivity contribution in [3.63, 3.8) is 0 Å². The van der Waals surface area contributed by atoms with E-state index in [-0.39, 0.29) is 4.75 Å². The molecule has 0 aromatic rings. The van der Waals surface area contributed by atoms with Crippen LogP contribution in [0.4, 0.5) is 0 Å². The summed E-state index contributed by atoms with van der Waals surface area (Å²) in [4.78, 5) is 0. The minimum Gasteiger partial charge on any atom is -0.309 e. The highest BCUT2D eigenvalue weighted by Gasteiger charge is 2.24. The van der Waals surface area contributed by atoms with Gasteiger partial charge in [0.1, 0.15) is 0 Å². The van der Waals surface area contributed by atoms with Gasteiger partial charge in [-0.15, -0.1) is 0 Å². The molecule has 0 aromatic carbocycles. The van der Waals surface area contributed by atoms with Crippen molar-refractivity contribution in [2.24, 2.45) is 0 Å². The highest BCUT2D eigenvalue weighted by atomic mass is 32.2. The van der Waals surface area contributed by atoms with Gasteiger partial charge in [0.2, 0.25) is 0 Å². The van der Waals surface area contributed by atoms with Crippen LogP contribution in [0.5, 0.6) is 0 Å². The second kappa shape index (κ2) is 6.95. The van der Waals surface area contributed by atoms with Crippen molar-refractivity contribution in [2.45, 2.75) is 39.4 Å². The van der Waals surface area contributed by atoms with Crippen molar-refractivity contribution in [3.8, 4) is 0 Å². The van der Waals surface area contributed by atoms with Gasteiger partial charge in [-0.05, 0) is 13.8 Å². The van der Waals surface area contributed by atoms with Gasteiger partial charge in [-0.25, -0.2) is 0 Å². The van der Waals surface area contributed by atoms with Crippen LogP contribution in [0.3, 0.4) is 0 Å². The van der Waals surface area contributed by atoms with E-state index < -0.39 is 7.60 Å². The molecule has 0 saturated carbocycles. The lowest BCUT2D eigenvalue weighted by Crippen LogP contribution is -2.11. The molecule has 0 radical (unpaired) electrons. The molecule has 0 aliphatic rings. The zero-order chi connectivity index (χ0) is 11.9. The van der Waals surface area contributed by atoms with E-state index in [1.54, 1.807) is 11.8 Å². The molecule has 0 aliphatic heterocycles. The molecule has 0 amide bonds. The Morgan fingerprint density at radius 2 is 1.60 bits per heavy atom. The van der Waals surface area contributed by atoms with E-state index in [0.717, 1.165) is 5.75 Å². The molecule has 3 nitrogen and oxygen atoms in total. The summed E-state index contributed by atoms with van der Waals surface area (Å²) in [6, 6.07) is 0. The topological polar surface area (TPSA) is 35.5 Å². The molecular weight excluding hydrogens is 231 g/mol. The number of rotatable bonds is 7. The summed E-state index contributed by atoms with van der Waals surface area (Å²) in [5.41, 5.74) is 0. The Kier molecular flexibility index (Phi) is 7.18. The van der Waals surface area contributed by atoms with E-state index in [0.29, 0.717) is 19.4 Å². The third-order valence-corrected chi connectivity index (χ3v) is 5.20. The number of hydrogen-bond acceptors (Lipinski definition) is 4. The quantitative estimate of drug-likeness (QED) is 0.648. The van der Waals surface area contributed by atoms with Crippen molar-refractivity contribution < 1.29 is 13.6 Å². The van der Waals surface area contributed by atoms with Crippen LogP contribution in [0, 0.1) is 0 Å². The molecule has 0 rings (SSSR count). The van der Waals surface area contributed by atoms with Gasteiger partial charge in [0.25, 0.3) is 0 Å². The lowest BCUT2D eigenvalue weighted by molar-refractivity contribution is 0.221. The van der Waals surface area contributed by atoms with Crippen LogP contribution in [0.1, 0.15) is 34.6 Å². The summed E-state index contributed by atoms with van der Waals surface area (Å²) in [6.07, 6.45) is 0.497. The molecular formula is C10H23O3PS. The van der Waals surface area contributed by atoms with E-state index in [4.69, 9.17) is 9.05 Å². The van der Waals surface area contributed by atoms with Crippen molar-refractivity contribution in [3.05, 3.63) is 0 Å². The molecule has 5 heteroatoms. The lowest BCUT2D eigenvalue weighted by atomic mass is 10.3. The van der Waals surface area contributed by atoms with Crippen LogP contribution >= 0.6 is 19.4 Å².